The molecule has 9 nitrogen and oxygen atoms in total. The van der Waals surface area contributed by atoms with Gasteiger partial charge in [-0.1, -0.05) is 6.08 Å². The van der Waals surface area contributed by atoms with Crippen LogP contribution in [0.1, 0.15) is 6.23 Å². The van der Waals surface area contributed by atoms with Crippen LogP contribution in [-0.2, 0) is 18.8 Å². The quantitative estimate of drug-likeness (QED) is 0.418. The van der Waals surface area contributed by atoms with Crippen LogP contribution in [0.15, 0.2) is 33.7 Å². The van der Waals surface area contributed by atoms with Gasteiger partial charge in [-0.05, 0) is 19.1 Å². The third-order valence-electron chi connectivity index (χ3n) is 3.02. The number of hydrogen-bond donors (Lipinski definition) is 2. The highest BCUT2D eigenvalue weighted by molar-refractivity contribution is 7.65. The Balaban J connectivity index is 2.91. The Morgan fingerprint density at radius 1 is 1.36 bits per heavy atom. The molecule has 0 bridgehead atoms. The molecule has 0 radical (unpaired) electrons. The first-order valence-electron chi connectivity index (χ1n) is 7.65. The molecule has 1 rings (SSSR count). The van der Waals surface area contributed by atoms with Crippen molar-refractivity contribution in [3.05, 3.63) is 45.0 Å². The summed E-state index contributed by atoms with van der Waals surface area (Å²) in [6.07, 6.45) is 1.13. The van der Waals surface area contributed by atoms with Crippen LogP contribution in [0, 0.1) is 0 Å². The van der Waals surface area contributed by atoms with Crippen molar-refractivity contribution in [1.29, 1.82) is 0 Å². The van der Waals surface area contributed by atoms with Crippen molar-refractivity contribution in [2.45, 2.75) is 12.3 Å². The summed E-state index contributed by atoms with van der Waals surface area (Å²) in [6.45, 7) is 3.56. The molecule has 0 aliphatic heterocycles. The van der Waals surface area contributed by atoms with Gasteiger partial charge in [-0.15, -0.1) is 0 Å². The van der Waals surface area contributed by atoms with Gasteiger partial charge in [-0.3, -0.25) is 14.3 Å². The monoisotopic (exact) mass is 376 g/mol. The summed E-state index contributed by atoms with van der Waals surface area (Å²) in [5.74, 6) is 1.53. The van der Waals surface area contributed by atoms with Gasteiger partial charge in [0.1, 0.15) is 13.2 Å². The zero-order valence-electron chi connectivity index (χ0n) is 14.6. The Morgan fingerprint density at radius 3 is 2.64 bits per heavy atom. The molecule has 1 heterocycles. The molecule has 0 spiro atoms. The topological polar surface area (TPSA) is 120 Å². The first kappa shape index (κ1) is 21.5. The fraction of sp³-hybridized carbons (Fsp3) is 0.600. The molecule has 0 saturated carbocycles. The number of nitrogens with zero attached hydrogens (tertiary/aromatic N) is 1. The van der Waals surface area contributed by atoms with E-state index in [0.29, 0.717) is 13.2 Å². The van der Waals surface area contributed by atoms with Gasteiger partial charge in [0.15, 0.2) is 6.23 Å². The third-order valence-corrected chi connectivity index (χ3v) is 3.91. The Labute approximate surface area is 145 Å². The molecule has 1 aromatic heterocycles. The number of aliphatic hydroxyl groups is 1. The predicted octanol–water partition coefficient (Wildman–Crippen LogP) is 0.212. The van der Waals surface area contributed by atoms with Crippen LogP contribution in [0.2, 0.25) is 0 Å². The number of aliphatic hydroxyl groups excluding tert-OH is 1. The Hall–Kier alpha value is -1.51. The molecular weight excluding hydrogens is 351 g/mol. The van der Waals surface area contributed by atoms with Crippen molar-refractivity contribution in [2.75, 3.05) is 46.9 Å². The van der Waals surface area contributed by atoms with Gasteiger partial charge >= 0.3 is 5.69 Å². The lowest BCUT2D eigenvalue weighted by Gasteiger charge is -2.23. The average molecular weight is 376 g/mol. The van der Waals surface area contributed by atoms with Crippen molar-refractivity contribution < 1.29 is 23.9 Å². The number of ether oxygens (including phenoxy) is 3. The van der Waals surface area contributed by atoms with E-state index in [9.17, 15) is 19.3 Å². The highest BCUT2D eigenvalue weighted by Crippen LogP contribution is 2.37. The number of hydrogen-bond acceptors (Lipinski definition) is 7. The van der Waals surface area contributed by atoms with E-state index in [1.165, 1.54) is 12.0 Å². The van der Waals surface area contributed by atoms with Crippen LogP contribution >= 0.6 is 7.14 Å². The highest BCUT2D eigenvalue weighted by atomic mass is 31.2. The first-order valence-corrected chi connectivity index (χ1v) is 10.3. The molecule has 0 fully saturated rings. The summed E-state index contributed by atoms with van der Waals surface area (Å²) < 4.78 is 28.9. The summed E-state index contributed by atoms with van der Waals surface area (Å²) in [5.41, 5.74) is -1.25. The van der Waals surface area contributed by atoms with E-state index >= 15 is 0 Å². The van der Waals surface area contributed by atoms with Gasteiger partial charge in [0.25, 0.3) is 5.56 Å². The van der Waals surface area contributed by atoms with Crippen molar-refractivity contribution in [3.63, 3.8) is 0 Å². The molecule has 0 saturated heterocycles. The van der Waals surface area contributed by atoms with Crippen molar-refractivity contribution in [2.24, 2.45) is 0 Å². The molecular formula is C15H25N2O7P. The smallest absolute Gasteiger partial charge is 0.330 e. The SMILES string of the molecule is COCCOC[C@@H](/C=C/P(C)(C)=O)O[C@H](CO)n1ccc(=O)[nH]c1=O. The number of nitrogens with one attached hydrogen (secondary N) is 1. The largest absolute Gasteiger partial charge is 0.392 e. The summed E-state index contributed by atoms with van der Waals surface area (Å²) in [5, 5.41) is 9.54. The molecule has 0 aliphatic carbocycles. The predicted molar refractivity (Wildman–Crippen MR) is 93.6 cm³/mol. The number of rotatable bonds is 11. The van der Waals surface area contributed by atoms with E-state index in [2.05, 4.69) is 4.98 Å². The molecule has 10 heteroatoms. The summed E-state index contributed by atoms with van der Waals surface area (Å²) in [4.78, 5) is 25.1. The molecule has 0 unspecified atom stereocenters. The van der Waals surface area contributed by atoms with E-state index in [1.54, 1.807) is 26.5 Å². The number of aromatic nitrogens is 2. The second kappa shape index (κ2) is 10.5. The average Bonchev–Trinajstić information content (AvgIpc) is 2.53. The second-order valence-corrected chi connectivity index (χ2v) is 8.84. The molecule has 0 aliphatic rings. The molecule has 1 aromatic rings. The molecule has 0 aromatic carbocycles. The molecule has 2 atom stereocenters. The van der Waals surface area contributed by atoms with Crippen LogP contribution in [-0.4, -0.2) is 67.6 Å². The Kier molecular flexibility index (Phi) is 9.02. The van der Waals surface area contributed by atoms with Gasteiger partial charge in [0.05, 0.1) is 26.4 Å². The lowest BCUT2D eigenvalue weighted by Crippen LogP contribution is -2.36. The minimum atomic E-state index is -2.42. The van der Waals surface area contributed by atoms with E-state index in [0.717, 1.165) is 10.6 Å². The van der Waals surface area contributed by atoms with Gasteiger partial charge in [0, 0.05) is 19.4 Å². The number of aromatic amines is 1. The van der Waals surface area contributed by atoms with Gasteiger partial charge < -0.3 is 23.9 Å². The lowest BCUT2D eigenvalue weighted by atomic mass is 10.3. The van der Waals surface area contributed by atoms with E-state index in [4.69, 9.17) is 14.2 Å². The fourth-order valence-corrected chi connectivity index (χ4v) is 2.44. The standard InChI is InChI=1S/C15H25N2O7P/c1-22-7-8-23-11-12(5-9-25(2,3)21)24-14(10-18)17-6-4-13(19)16-15(17)20/h4-6,9,12,14,18H,7-8,10-11H2,1-3H3,(H,16,19,20)/b9-5+/t12-,14-/m1/s1. The molecule has 0 amide bonds. The maximum atomic E-state index is 11.9. The van der Waals surface area contributed by atoms with Crippen molar-refractivity contribution in [1.82, 2.24) is 9.55 Å². The van der Waals surface area contributed by atoms with Crippen LogP contribution in [0.4, 0.5) is 0 Å². The van der Waals surface area contributed by atoms with Crippen molar-refractivity contribution in [3.8, 4) is 0 Å². The summed E-state index contributed by atoms with van der Waals surface area (Å²) >= 11 is 0. The van der Waals surface area contributed by atoms with Gasteiger partial charge in [0.2, 0.25) is 0 Å². The van der Waals surface area contributed by atoms with E-state index in [-0.39, 0.29) is 6.61 Å². The Morgan fingerprint density at radius 2 is 2.08 bits per heavy atom. The maximum Gasteiger partial charge on any atom is 0.330 e. The number of H-pyrrole nitrogens is 1. The van der Waals surface area contributed by atoms with E-state index in [1.807, 2.05) is 0 Å². The number of methoxy groups -OCH3 is 1. The molecule has 25 heavy (non-hydrogen) atoms. The Bertz CT molecular complexity index is 706. The summed E-state index contributed by atoms with van der Waals surface area (Å²) in [6, 6.07) is 1.15. The van der Waals surface area contributed by atoms with Crippen LogP contribution in [0.3, 0.4) is 0 Å². The van der Waals surface area contributed by atoms with E-state index < -0.39 is 37.3 Å². The normalized spacial score (nSPS) is 14.7. The molecule has 2 N–H and O–H groups in total. The second-order valence-electron chi connectivity index (χ2n) is 5.67. The third kappa shape index (κ3) is 8.42. The van der Waals surface area contributed by atoms with Gasteiger partial charge in [-0.25, -0.2) is 4.79 Å². The first-order chi connectivity index (χ1) is 11.8. The van der Waals surface area contributed by atoms with Crippen molar-refractivity contribution >= 4 is 7.14 Å². The van der Waals surface area contributed by atoms with Crippen LogP contribution < -0.4 is 11.2 Å². The lowest BCUT2D eigenvalue weighted by molar-refractivity contribution is -0.0921. The van der Waals surface area contributed by atoms with Gasteiger partial charge in [-0.2, -0.15) is 0 Å². The zero-order valence-corrected chi connectivity index (χ0v) is 15.5. The minimum Gasteiger partial charge on any atom is -0.392 e. The zero-order chi connectivity index (χ0) is 18.9. The van der Waals surface area contributed by atoms with Crippen LogP contribution in [0.5, 0.6) is 0 Å². The summed E-state index contributed by atoms with van der Waals surface area (Å²) in [7, 11) is -0.876. The minimum absolute atomic E-state index is 0.120. The molecule has 142 valence electrons. The maximum absolute atomic E-state index is 11.9. The fourth-order valence-electron chi connectivity index (χ4n) is 1.84. The van der Waals surface area contributed by atoms with Crippen LogP contribution in [0.25, 0.3) is 0 Å². The highest BCUT2D eigenvalue weighted by Gasteiger charge is 2.18.